The molecule has 1 amide bonds. The monoisotopic (exact) mass is 340 g/mol. The Bertz CT molecular complexity index is 560. The number of β-amino-alcohol motifs (C(OH)–C–C–N with tert-alkyl or cyclic N) is 1. The highest BCUT2D eigenvalue weighted by atomic mass is 19.2. The summed E-state index contributed by atoms with van der Waals surface area (Å²) >= 11 is 0. The Balaban J connectivity index is 1.78. The predicted octanol–water partition coefficient (Wildman–Crippen LogP) is 2.28. The summed E-state index contributed by atoms with van der Waals surface area (Å²) in [5.74, 6) is -2.09. The Hall–Kier alpha value is -1.53. The number of likely N-dealkylation sites (tertiary alicyclic amines) is 1. The maximum absolute atomic E-state index is 13.3. The molecule has 1 aliphatic heterocycles. The van der Waals surface area contributed by atoms with E-state index in [0.29, 0.717) is 12.1 Å². The third-order valence-electron chi connectivity index (χ3n) is 4.69. The van der Waals surface area contributed by atoms with E-state index in [2.05, 4.69) is 17.1 Å². The summed E-state index contributed by atoms with van der Waals surface area (Å²) in [5, 5.41) is 12.8. The second-order valence-corrected chi connectivity index (χ2v) is 6.78. The lowest BCUT2D eigenvalue weighted by atomic mass is 9.99. The number of nitrogens with zero attached hydrogens (tertiary/aromatic N) is 1. The van der Waals surface area contributed by atoms with E-state index >= 15 is 0 Å². The second kappa shape index (κ2) is 8.53. The molecule has 1 saturated heterocycles. The summed E-state index contributed by atoms with van der Waals surface area (Å²) in [5.41, 5.74) is 0.408. The van der Waals surface area contributed by atoms with Gasteiger partial charge in [0.25, 0.3) is 0 Å². The summed E-state index contributed by atoms with van der Waals surface area (Å²) in [6.07, 6.45) is 1.62. The van der Waals surface area contributed by atoms with E-state index in [1.807, 2.05) is 0 Å². The molecule has 1 fully saturated rings. The van der Waals surface area contributed by atoms with Crippen LogP contribution in [0.5, 0.6) is 0 Å². The van der Waals surface area contributed by atoms with E-state index in [1.54, 1.807) is 6.92 Å². The summed E-state index contributed by atoms with van der Waals surface area (Å²) in [7, 11) is 0. The van der Waals surface area contributed by atoms with Crippen LogP contribution in [0.3, 0.4) is 0 Å². The molecule has 0 bridgehead atoms. The number of carbonyl (C=O) groups is 1. The molecule has 1 heterocycles. The summed E-state index contributed by atoms with van der Waals surface area (Å²) in [6.45, 7) is 6.48. The number of hydrogen-bond acceptors (Lipinski definition) is 3. The van der Waals surface area contributed by atoms with Gasteiger partial charge in [0.2, 0.25) is 5.91 Å². The van der Waals surface area contributed by atoms with Crippen LogP contribution in [0.15, 0.2) is 18.2 Å². The quantitative estimate of drug-likeness (QED) is 0.835. The van der Waals surface area contributed by atoms with Crippen molar-refractivity contribution < 1.29 is 18.7 Å². The molecule has 2 atom stereocenters. The number of amides is 1. The fraction of sp³-hybridized carbons (Fsp3) is 0.611. The summed E-state index contributed by atoms with van der Waals surface area (Å²) in [6, 6.07) is 3.44. The Kier molecular flexibility index (Phi) is 6.69. The van der Waals surface area contributed by atoms with Gasteiger partial charge in [-0.15, -0.1) is 0 Å². The molecule has 2 N–H and O–H groups in total. The molecule has 0 radical (unpaired) electrons. The maximum Gasteiger partial charge on any atom is 0.227 e. The molecule has 0 saturated carbocycles. The lowest BCUT2D eigenvalue weighted by Crippen LogP contribution is -2.43. The molecule has 134 valence electrons. The molecular weight excluding hydrogens is 314 g/mol. The number of aliphatic hydroxyl groups is 1. The van der Waals surface area contributed by atoms with Crippen molar-refractivity contribution in [3.63, 3.8) is 0 Å². The lowest BCUT2D eigenvalue weighted by molar-refractivity contribution is -0.122. The fourth-order valence-electron chi connectivity index (χ4n) is 2.91. The van der Waals surface area contributed by atoms with Gasteiger partial charge >= 0.3 is 0 Å². The summed E-state index contributed by atoms with van der Waals surface area (Å²) < 4.78 is 26.2. The smallest absolute Gasteiger partial charge is 0.227 e. The Morgan fingerprint density at radius 1 is 1.33 bits per heavy atom. The van der Waals surface area contributed by atoms with Crippen molar-refractivity contribution in [2.24, 2.45) is 5.92 Å². The normalized spacial score (nSPS) is 19.0. The molecule has 1 aliphatic rings. The first-order valence-electron chi connectivity index (χ1n) is 8.50. The SMILES string of the molecule is CC1CCN(C[C@@H](O)CNC(=O)[C@@H](C)c2ccc(F)c(F)c2)CC1. The van der Waals surface area contributed by atoms with E-state index in [9.17, 15) is 18.7 Å². The average molecular weight is 340 g/mol. The van der Waals surface area contributed by atoms with Gasteiger partial charge in [-0.25, -0.2) is 8.78 Å². The van der Waals surface area contributed by atoms with Crippen LogP contribution >= 0.6 is 0 Å². The third kappa shape index (κ3) is 5.24. The molecule has 0 aromatic heterocycles. The number of benzene rings is 1. The van der Waals surface area contributed by atoms with Crippen molar-refractivity contribution in [1.29, 1.82) is 0 Å². The number of aliphatic hydroxyl groups excluding tert-OH is 1. The van der Waals surface area contributed by atoms with E-state index < -0.39 is 23.7 Å². The van der Waals surface area contributed by atoms with Crippen molar-refractivity contribution >= 4 is 5.91 Å². The Morgan fingerprint density at radius 3 is 2.62 bits per heavy atom. The number of piperidine rings is 1. The minimum absolute atomic E-state index is 0.152. The molecule has 0 spiro atoms. The third-order valence-corrected chi connectivity index (χ3v) is 4.69. The first-order valence-corrected chi connectivity index (χ1v) is 8.50. The molecule has 0 unspecified atom stereocenters. The van der Waals surface area contributed by atoms with Crippen LogP contribution in [0.1, 0.15) is 38.2 Å². The standard InChI is InChI=1S/C18H26F2N2O2/c1-12-5-7-22(8-6-12)11-15(23)10-21-18(24)13(2)14-3-4-16(19)17(20)9-14/h3-4,9,12-13,15,23H,5-8,10-11H2,1-2H3,(H,21,24)/t13-,15-/m0/s1. The van der Waals surface area contributed by atoms with Gasteiger partial charge in [-0.2, -0.15) is 0 Å². The molecule has 6 heteroatoms. The molecule has 2 rings (SSSR count). The van der Waals surface area contributed by atoms with Gasteiger partial charge in [-0.3, -0.25) is 4.79 Å². The minimum atomic E-state index is -0.966. The van der Waals surface area contributed by atoms with Crippen molar-refractivity contribution in [2.75, 3.05) is 26.2 Å². The van der Waals surface area contributed by atoms with Crippen LogP contribution in [0.4, 0.5) is 8.78 Å². The van der Waals surface area contributed by atoms with E-state index in [1.165, 1.54) is 6.07 Å². The first kappa shape index (κ1) is 18.8. The van der Waals surface area contributed by atoms with Crippen LogP contribution in [0.2, 0.25) is 0 Å². The lowest BCUT2D eigenvalue weighted by Gasteiger charge is -2.31. The minimum Gasteiger partial charge on any atom is -0.390 e. The van der Waals surface area contributed by atoms with E-state index in [4.69, 9.17) is 0 Å². The molecular formula is C18H26F2N2O2. The highest BCUT2D eigenvalue weighted by Gasteiger charge is 2.20. The van der Waals surface area contributed by atoms with Gasteiger partial charge in [0.1, 0.15) is 0 Å². The molecule has 4 nitrogen and oxygen atoms in total. The van der Waals surface area contributed by atoms with Gasteiger partial charge in [-0.05, 0) is 56.5 Å². The predicted molar refractivity (Wildman–Crippen MR) is 88.6 cm³/mol. The molecule has 1 aromatic carbocycles. The van der Waals surface area contributed by atoms with Gasteiger partial charge < -0.3 is 15.3 Å². The van der Waals surface area contributed by atoms with Crippen molar-refractivity contribution in [1.82, 2.24) is 10.2 Å². The first-order chi connectivity index (χ1) is 11.4. The number of hydrogen-bond donors (Lipinski definition) is 2. The van der Waals surface area contributed by atoms with Gasteiger partial charge in [-0.1, -0.05) is 13.0 Å². The van der Waals surface area contributed by atoms with Crippen LogP contribution in [0.25, 0.3) is 0 Å². The van der Waals surface area contributed by atoms with Gasteiger partial charge in [0.15, 0.2) is 11.6 Å². The van der Waals surface area contributed by atoms with Crippen LogP contribution in [-0.2, 0) is 4.79 Å². The van der Waals surface area contributed by atoms with Crippen molar-refractivity contribution in [2.45, 2.75) is 38.7 Å². The maximum atomic E-state index is 13.3. The van der Waals surface area contributed by atoms with E-state index in [0.717, 1.165) is 44.0 Å². The molecule has 1 aromatic rings. The largest absolute Gasteiger partial charge is 0.390 e. The topological polar surface area (TPSA) is 52.6 Å². The Labute approximate surface area is 141 Å². The Morgan fingerprint density at radius 2 is 2.00 bits per heavy atom. The highest BCUT2D eigenvalue weighted by molar-refractivity contribution is 5.83. The molecule has 0 aliphatic carbocycles. The zero-order chi connectivity index (χ0) is 17.7. The van der Waals surface area contributed by atoms with Gasteiger partial charge in [0.05, 0.1) is 12.0 Å². The second-order valence-electron chi connectivity index (χ2n) is 6.78. The van der Waals surface area contributed by atoms with Crippen LogP contribution < -0.4 is 5.32 Å². The molecule has 24 heavy (non-hydrogen) atoms. The average Bonchev–Trinajstić information content (AvgIpc) is 2.56. The zero-order valence-electron chi connectivity index (χ0n) is 14.3. The number of carbonyl (C=O) groups excluding carboxylic acids is 1. The zero-order valence-corrected chi connectivity index (χ0v) is 14.3. The summed E-state index contributed by atoms with van der Waals surface area (Å²) in [4.78, 5) is 14.3. The van der Waals surface area contributed by atoms with Crippen LogP contribution in [-0.4, -0.2) is 48.2 Å². The van der Waals surface area contributed by atoms with Crippen molar-refractivity contribution in [3.8, 4) is 0 Å². The van der Waals surface area contributed by atoms with Crippen LogP contribution in [0, 0.1) is 17.6 Å². The van der Waals surface area contributed by atoms with Gasteiger partial charge in [0, 0.05) is 13.1 Å². The van der Waals surface area contributed by atoms with Crippen molar-refractivity contribution in [3.05, 3.63) is 35.4 Å². The van der Waals surface area contributed by atoms with E-state index in [-0.39, 0.29) is 12.5 Å². The highest BCUT2D eigenvalue weighted by Crippen LogP contribution is 2.18. The fourth-order valence-corrected chi connectivity index (χ4v) is 2.91. The number of rotatable bonds is 6. The number of nitrogens with one attached hydrogen (secondary N) is 1. The number of halogens is 2.